The van der Waals surface area contributed by atoms with E-state index in [1.807, 2.05) is 18.2 Å². The van der Waals surface area contributed by atoms with Crippen molar-refractivity contribution in [2.24, 2.45) is 5.92 Å². The maximum atomic E-state index is 11.8. The molecule has 3 rings (SSSR count). The highest BCUT2D eigenvalue weighted by molar-refractivity contribution is 7.90. The van der Waals surface area contributed by atoms with Gasteiger partial charge in [-0.2, -0.15) is 0 Å². The van der Waals surface area contributed by atoms with Gasteiger partial charge in [-0.3, -0.25) is 0 Å². The van der Waals surface area contributed by atoms with E-state index in [-0.39, 0.29) is 5.25 Å². The molecule has 1 aliphatic carbocycles. The maximum absolute atomic E-state index is 11.8. The largest absolute Gasteiger partial charge is 0.359 e. The van der Waals surface area contributed by atoms with Crippen LogP contribution in [0.15, 0.2) is 18.2 Å². The highest BCUT2D eigenvalue weighted by Crippen LogP contribution is 2.31. The lowest BCUT2D eigenvalue weighted by Gasteiger charge is -2.29. The molecule has 0 saturated heterocycles. The molecule has 1 aliphatic rings. The number of benzene rings is 1. The molecule has 2 N–H and O–H groups in total. The summed E-state index contributed by atoms with van der Waals surface area (Å²) in [6.07, 6.45) is 4.11. The number of aromatic nitrogens is 1. The molecular formula is C17H24ClN3O2S2. The van der Waals surface area contributed by atoms with Gasteiger partial charge in [-0.25, -0.2) is 18.1 Å². The number of hydrogen-bond donors (Lipinski definition) is 2. The predicted octanol–water partition coefficient (Wildman–Crippen LogP) is 4.25. The Morgan fingerprint density at radius 2 is 2.00 bits per heavy atom. The average Bonchev–Trinajstić information content (AvgIpc) is 2.95. The summed E-state index contributed by atoms with van der Waals surface area (Å²) in [5, 5.41) is 4.78. The molecular weight excluding hydrogens is 378 g/mol. The highest BCUT2D eigenvalue weighted by atomic mass is 35.5. The molecule has 0 aliphatic heterocycles. The smallest absolute Gasteiger partial charge is 0.213 e. The average molecular weight is 402 g/mol. The van der Waals surface area contributed by atoms with E-state index in [4.69, 9.17) is 11.6 Å². The first-order valence-corrected chi connectivity index (χ1v) is 11.4. The van der Waals surface area contributed by atoms with Gasteiger partial charge in [-0.15, -0.1) is 0 Å². The molecule has 0 spiro atoms. The fourth-order valence-electron chi connectivity index (χ4n) is 3.05. The normalized spacial score (nSPS) is 21.8. The molecule has 0 unspecified atom stereocenters. The first kappa shape index (κ1) is 18.9. The molecule has 0 atom stereocenters. The Balaban J connectivity index is 1.50. The summed E-state index contributed by atoms with van der Waals surface area (Å²) in [5.41, 5.74) is 0.928. The van der Waals surface area contributed by atoms with Crippen LogP contribution in [0.5, 0.6) is 0 Å². The fourth-order valence-corrected chi connectivity index (χ4v) is 4.94. The van der Waals surface area contributed by atoms with Crippen molar-refractivity contribution in [2.45, 2.75) is 50.8 Å². The van der Waals surface area contributed by atoms with E-state index in [0.717, 1.165) is 41.0 Å². The lowest BCUT2D eigenvalue weighted by atomic mass is 9.86. The van der Waals surface area contributed by atoms with Crippen molar-refractivity contribution in [1.82, 2.24) is 9.71 Å². The van der Waals surface area contributed by atoms with Gasteiger partial charge >= 0.3 is 0 Å². The number of nitrogens with zero attached hydrogens (tertiary/aromatic N) is 1. The first-order valence-electron chi connectivity index (χ1n) is 8.64. The maximum Gasteiger partial charge on any atom is 0.213 e. The molecule has 0 radical (unpaired) electrons. The molecule has 1 aromatic heterocycles. The molecule has 8 heteroatoms. The Kier molecular flexibility index (Phi) is 5.88. The minimum atomic E-state index is -3.16. The molecule has 1 fully saturated rings. The monoisotopic (exact) mass is 401 g/mol. The summed E-state index contributed by atoms with van der Waals surface area (Å²) in [6.45, 7) is 3.95. The van der Waals surface area contributed by atoms with Crippen LogP contribution in [-0.2, 0) is 10.0 Å². The molecule has 138 valence electrons. The summed E-state index contributed by atoms with van der Waals surface area (Å²) >= 11 is 7.66. The van der Waals surface area contributed by atoms with Gasteiger partial charge < -0.3 is 5.32 Å². The fraction of sp³-hybridized carbons (Fsp3) is 0.588. The minimum absolute atomic E-state index is 0.377. The lowest BCUT2D eigenvalue weighted by molar-refractivity contribution is 0.337. The third-order valence-corrected chi connectivity index (χ3v) is 7.73. The topological polar surface area (TPSA) is 71.1 Å². The van der Waals surface area contributed by atoms with E-state index in [9.17, 15) is 8.42 Å². The van der Waals surface area contributed by atoms with Gasteiger partial charge in [0.1, 0.15) is 0 Å². The second-order valence-electron chi connectivity index (χ2n) is 6.94. The molecule has 25 heavy (non-hydrogen) atoms. The first-order chi connectivity index (χ1) is 11.8. The van der Waals surface area contributed by atoms with Gasteiger partial charge in [0.25, 0.3) is 0 Å². The van der Waals surface area contributed by atoms with E-state index in [1.54, 1.807) is 25.2 Å². The van der Waals surface area contributed by atoms with Crippen molar-refractivity contribution in [2.75, 3.05) is 11.9 Å². The van der Waals surface area contributed by atoms with Crippen LogP contribution in [0.1, 0.15) is 39.5 Å². The Bertz CT molecular complexity index is 828. The number of rotatable bonds is 6. The van der Waals surface area contributed by atoms with Crippen molar-refractivity contribution >= 4 is 48.3 Å². The summed E-state index contributed by atoms with van der Waals surface area (Å²) in [4.78, 5) is 4.61. The minimum Gasteiger partial charge on any atom is -0.359 e. The standard InChI is InChI=1S/C17H24ClN3O2S2/c1-11(2)25(22,23)19-10-12-3-6-14(7-4-12)20-17-21-15-9-13(18)5-8-16(15)24-17/h5,8-9,11-12,14,19H,3-4,6-7,10H2,1-2H3,(H,20,21)/t12-,14-. The number of fused-ring (bicyclic) bond motifs is 1. The van der Waals surface area contributed by atoms with Crippen molar-refractivity contribution in [1.29, 1.82) is 0 Å². The van der Waals surface area contributed by atoms with Gasteiger partial charge in [0.2, 0.25) is 10.0 Å². The van der Waals surface area contributed by atoms with Crippen molar-refractivity contribution < 1.29 is 8.42 Å². The van der Waals surface area contributed by atoms with Gasteiger partial charge in [-0.05, 0) is 63.6 Å². The number of thiazole rings is 1. The Hall–Kier alpha value is -0.890. The zero-order chi connectivity index (χ0) is 18.0. The molecule has 1 heterocycles. The van der Waals surface area contributed by atoms with Crippen LogP contribution in [0.3, 0.4) is 0 Å². The number of nitrogens with one attached hydrogen (secondary N) is 2. The molecule has 1 aromatic carbocycles. The molecule has 0 bridgehead atoms. The third kappa shape index (κ3) is 4.84. The lowest BCUT2D eigenvalue weighted by Crippen LogP contribution is -2.37. The predicted molar refractivity (Wildman–Crippen MR) is 106 cm³/mol. The van der Waals surface area contributed by atoms with Gasteiger partial charge in [-0.1, -0.05) is 22.9 Å². The number of hydrogen-bond acceptors (Lipinski definition) is 5. The van der Waals surface area contributed by atoms with Crippen LogP contribution in [0.4, 0.5) is 5.13 Å². The zero-order valence-corrected chi connectivity index (χ0v) is 16.8. The van der Waals surface area contributed by atoms with Crippen LogP contribution < -0.4 is 10.0 Å². The SMILES string of the molecule is CC(C)S(=O)(=O)NC[C@H]1CC[C@H](Nc2nc3cc(Cl)ccc3s2)CC1. The van der Waals surface area contributed by atoms with Crippen LogP contribution in [0, 0.1) is 5.92 Å². The molecule has 1 saturated carbocycles. The van der Waals surface area contributed by atoms with Crippen molar-refractivity contribution in [3.05, 3.63) is 23.2 Å². The van der Waals surface area contributed by atoms with Crippen molar-refractivity contribution in [3.8, 4) is 0 Å². The second kappa shape index (κ2) is 7.78. The summed E-state index contributed by atoms with van der Waals surface area (Å²) in [6, 6.07) is 6.16. The summed E-state index contributed by atoms with van der Waals surface area (Å²) in [7, 11) is -3.16. The Morgan fingerprint density at radius 3 is 2.68 bits per heavy atom. The van der Waals surface area contributed by atoms with Crippen LogP contribution in [0.25, 0.3) is 10.2 Å². The molecule has 2 aromatic rings. The van der Waals surface area contributed by atoms with Crippen LogP contribution >= 0.6 is 22.9 Å². The number of halogens is 1. The molecule has 5 nitrogen and oxygen atoms in total. The number of anilines is 1. The van der Waals surface area contributed by atoms with Gasteiger partial charge in [0, 0.05) is 17.6 Å². The van der Waals surface area contributed by atoms with Crippen LogP contribution in [0.2, 0.25) is 5.02 Å². The van der Waals surface area contributed by atoms with E-state index in [2.05, 4.69) is 15.0 Å². The Morgan fingerprint density at radius 1 is 1.28 bits per heavy atom. The van der Waals surface area contributed by atoms with Gasteiger partial charge in [0.15, 0.2) is 5.13 Å². The molecule has 0 amide bonds. The van der Waals surface area contributed by atoms with Crippen molar-refractivity contribution in [3.63, 3.8) is 0 Å². The van der Waals surface area contributed by atoms with E-state index in [1.165, 1.54) is 0 Å². The highest BCUT2D eigenvalue weighted by Gasteiger charge is 2.24. The summed E-state index contributed by atoms with van der Waals surface area (Å²) in [5.74, 6) is 0.417. The van der Waals surface area contributed by atoms with Crippen LogP contribution in [-0.4, -0.2) is 31.2 Å². The second-order valence-corrected chi connectivity index (χ2v) is 10.7. The zero-order valence-electron chi connectivity index (χ0n) is 14.5. The van der Waals surface area contributed by atoms with E-state index in [0.29, 0.717) is 23.5 Å². The van der Waals surface area contributed by atoms with E-state index < -0.39 is 10.0 Å². The number of sulfonamides is 1. The third-order valence-electron chi connectivity index (χ3n) is 4.72. The summed E-state index contributed by atoms with van der Waals surface area (Å²) < 4.78 is 27.6. The Labute approximate surface area is 158 Å². The van der Waals surface area contributed by atoms with E-state index >= 15 is 0 Å². The van der Waals surface area contributed by atoms with Gasteiger partial charge in [0.05, 0.1) is 15.5 Å². The quantitative estimate of drug-likeness (QED) is 0.759.